The standard InChI is InChI=1S/C5H14O3P2/c1-5(4-9)10(6,7-2)8-3/h5H,4,9H2,1-3H3. The van der Waals surface area contributed by atoms with Gasteiger partial charge in [-0.05, 0) is 6.16 Å². The molecule has 0 aliphatic rings. The van der Waals surface area contributed by atoms with Crippen molar-refractivity contribution in [1.29, 1.82) is 0 Å². The highest BCUT2D eigenvalue weighted by Gasteiger charge is 2.27. The molecule has 0 fully saturated rings. The third-order valence-corrected chi connectivity index (χ3v) is 4.80. The molecule has 2 unspecified atom stereocenters. The van der Waals surface area contributed by atoms with E-state index < -0.39 is 7.60 Å². The Kier molecular flexibility index (Phi) is 4.71. The first-order valence-corrected chi connectivity index (χ1v) is 5.44. The van der Waals surface area contributed by atoms with Gasteiger partial charge in [0.1, 0.15) is 0 Å². The van der Waals surface area contributed by atoms with Gasteiger partial charge in [-0.25, -0.2) is 0 Å². The van der Waals surface area contributed by atoms with Crippen molar-refractivity contribution in [2.24, 2.45) is 0 Å². The minimum atomic E-state index is -2.79. The van der Waals surface area contributed by atoms with Crippen LogP contribution in [0.4, 0.5) is 0 Å². The summed E-state index contributed by atoms with van der Waals surface area (Å²) in [7, 11) is 2.52. The molecule has 0 saturated carbocycles. The highest BCUT2D eigenvalue weighted by atomic mass is 31.2. The zero-order chi connectivity index (χ0) is 8.20. The van der Waals surface area contributed by atoms with Crippen LogP contribution in [0, 0.1) is 0 Å². The first-order chi connectivity index (χ1) is 4.60. The maximum absolute atomic E-state index is 11.4. The molecule has 0 spiro atoms. The van der Waals surface area contributed by atoms with Gasteiger partial charge in [0.05, 0.1) is 5.66 Å². The highest BCUT2D eigenvalue weighted by Crippen LogP contribution is 2.51. The summed E-state index contributed by atoms with van der Waals surface area (Å²) in [4.78, 5) is 0. The zero-order valence-corrected chi connectivity index (χ0v) is 8.58. The van der Waals surface area contributed by atoms with Crippen LogP contribution in [0.2, 0.25) is 0 Å². The largest absolute Gasteiger partial charge is 0.333 e. The van der Waals surface area contributed by atoms with Crippen molar-refractivity contribution in [3.8, 4) is 0 Å². The van der Waals surface area contributed by atoms with Gasteiger partial charge in [-0.2, -0.15) is 0 Å². The van der Waals surface area contributed by atoms with E-state index in [0.717, 1.165) is 6.16 Å². The molecule has 0 bridgehead atoms. The topological polar surface area (TPSA) is 35.5 Å². The Bertz CT molecular complexity index is 129. The molecule has 0 saturated heterocycles. The van der Waals surface area contributed by atoms with E-state index in [1.807, 2.05) is 6.92 Å². The Morgan fingerprint density at radius 1 is 1.50 bits per heavy atom. The lowest BCUT2D eigenvalue weighted by atomic mass is 10.6. The van der Waals surface area contributed by atoms with E-state index in [9.17, 15) is 4.57 Å². The van der Waals surface area contributed by atoms with Gasteiger partial charge >= 0.3 is 7.60 Å². The first-order valence-electron chi connectivity index (χ1n) is 3.02. The van der Waals surface area contributed by atoms with Crippen LogP contribution < -0.4 is 0 Å². The van der Waals surface area contributed by atoms with E-state index in [4.69, 9.17) is 9.05 Å². The van der Waals surface area contributed by atoms with E-state index in [1.54, 1.807) is 0 Å². The summed E-state index contributed by atoms with van der Waals surface area (Å²) in [5, 5.41) is 0. The average Bonchev–Trinajstić information content (AvgIpc) is 2.01. The number of hydrogen-bond donors (Lipinski definition) is 0. The molecule has 0 radical (unpaired) electrons. The van der Waals surface area contributed by atoms with Crippen molar-refractivity contribution in [3.63, 3.8) is 0 Å². The molecule has 0 aliphatic heterocycles. The molecule has 0 N–H and O–H groups in total. The molecule has 62 valence electrons. The lowest BCUT2D eigenvalue weighted by molar-refractivity contribution is 0.269. The maximum atomic E-state index is 11.4. The number of rotatable bonds is 4. The monoisotopic (exact) mass is 184 g/mol. The Morgan fingerprint density at radius 2 is 1.90 bits per heavy atom. The summed E-state index contributed by atoms with van der Waals surface area (Å²) >= 11 is 0. The predicted octanol–water partition coefficient (Wildman–Crippen LogP) is 1.74. The van der Waals surface area contributed by atoms with E-state index >= 15 is 0 Å². The third kappa shape index (κ3) is 2.32. The summed E-state index contributed by atoms with van der Waals surface area (Å²) in [6.45, 7) is 1.83. The second-order valence-corrected chi connectivity index (χ2v) is 5.15. The smallest absolute Gasteiger partial charge is 0.312 e. The van der Waals surface area contributed by atoms with Gasteiger partial charge in [-0.1, -0.05) is 6.92 Å². The molecule has 0 aromatic rings. The summed E-state index contributed by atoms with van der Waals surface area (Å²) in [5.74, 6) is 0. The summed E-state index contributed by atoms with van der Waals surface area (Å²) in [6, 6.07) is 0. The van der Waals surface area contributed by atoms with Crippen LogP contribution in [0.15, 0.2) is 0 Å². The quantitative estimate of drug-likeness (QED) is 0.624. The van der Waals surface area contributed by atoms with Gasteiger partial charge in [0.15, 0.2) is 0 Å². The van der Waals surface area contributed by atoms with Crippen LogP contribution in [0.1, 0.15) is 6.92 Å². The molecule has 0 aromatic heterocycles. The highest BCUT2D eigenvalue weighted by molar-refractivity contribution is 7.55. The second-order valence-electron chi connectivity index (χ2n) is 1.99. The normalized spacial score (nSPS) is 15.2. The van der Waals surface area contributed by atoms with Crippen molar-refractivity contribution in [2.45, 2.75) is 12.6 Å². The molecule has 0 amide bonds. The van der Waals surface area contributed by atoms with Crippen LogP contribution in [0.5, 0.6) is 0 Å². The van der Waals surface area contributed by atoms with Crippen molar-refractivity contribution in [3.05, 3.63) is 0 Å². The molecule has 10 heavy (non-hydrogen) atoms. The summed E-state index contributed by atoms with van der Waals surface area (Å²) in [5.41, 5.74) is -0.0486. The van der Waals surface area contributed by atoms with Gasteiger partial charge in [0.2, 0.25) is 0 Å². The summed E-state index contributed by atoms with van der Waals surface area (Å²) in [6.07, 6.45) is 0.721. The van der Waals surface area contributed by atoms with Crippen molar-refractivity contribution >= 4 is 16.8 Å². The first kappa shape index (κ1) is 10.6. The van der Waals surface area contributed by atoms with Gasteiger partial charge in [0.25, 0.3) is 0 Å². The minimum Gasteiger partial charge on any atom is -0.312 e. The predicted molar refractivity (Wildman–Crippen MR) is 45.7 cm³/mol. The Morgan fingerprint density at radius 3 is 2.00 bits per heavy atom. The van der Waals surface area contributed by atoms with E-state index in [0.29, 0.717) is 0 Å². The SMILES string of the molecule is COP(=O)(OC)C(C)CP. The lowest BCUT2D eigenvalue weighted by Gasteiger charge is -2.18. The molecular weight excluding hydrogens is 170 g/mol. The average molecular weight is 184 g/mol. The van der Waals surface area contributed by atoms with Crippen LogP contribution in [-0.4, -0.2) is 26.0 Å². The zero-order valence-electron chi connectivity index (χ0n) is 6.53. The Hall–Kier alpha value is 0.580. The van der Waals surface area contributed by atoms with Crippen molar-refractivity contribution < 1.29 is 13.6 Å². The van der Waals surface area contributed by atoms with E-state index in [1.165, 1.54) is 14.2 Å². The fourth-order valence-electron chi connectivity index (χ4n) is 0.564. The molecule has 3 nitrogen and oxygen atoms in total. The van der Waals surface area contributed by atoms with Gasteiger partial charge in [-0.3, -0.25) is 4.57 Å². The lowest BCUT2D eigenvalue weighted by Crippen LogP contribution is -2.07. The van der Waals surface area contributed by atoms with E-state index in [2.05, 4.69) is 9.24 Å². The number of hydrogen-bond acceptors (Lipinski definition) is 3. The molecule has 0 aromatic carbocycles. The fraction of sp³-hybridized carbons (Fsp3) is 1.00. The molecule has 0 aliphatic carbocycles. The van der Waals surface area contributed by atoms with Gasteiger partial charge in [0, 0.05) is 14.2 Å². The van der Waals surface area contributed by atoms with Gasteiger partial charge < -0.3 is 9.05 Å². The fourth-order valence-corrected chi connectivity index (χ4v) is 2.47. The molecule has 5 heteroatoms. The molecule has 2 atom stereocenters. The van der Waals surface area contributed by atoms with E-state index in [-0.39, 0.29) is 5.66 Å². The van der Waals surface area contributed by atoms with Crippen LogP contribution in [-0.2, 0) is 13.6 Å². The third-order valence-electron chi connectivity index (χ3n) is 1.39. The second kappa shape index (κ2) is 4.46. The Labute approximate surface area is 64.2 Å². The molecule has 0 heterocycles. The van der Waals surface area contributed by atoms with Crippen LogP contribution in [0.25, 0.3) is 0 Å². The van der Waals surface area contributed by atoms with Crippen LogP contribution >= 0.6 is 16.8 Å². The van der Waals surface area contributed by atoms with Crippen molar-refractivity contribution in [2.75, 3.05) is 20.4 Å². The van der Waals surface area contributed by atoms with Crippen molar-refractivity contribution in [1.82, 2.24) is 0 Å². The maximum Gasteiger partial charge on any atom is 0.333 e. The summed E-state index contributed by atoms with van der Waals surface area (Å²) < 4.78 is 20.9. The Balaban J connectivity index is 4.18. The minimum absolute atomic E-state index is 0.0486. The van der Waals surface area contributed by atoms with Crippen LogP contribution in [0.3, 0.4) is 0 Å². The van der Waals surface area contributed by atoms with Gasteiger partial charge in [-0.15, -0.1) is 9.24 Å². The molecule has 0 rings (SSSR count). The molecular formula is C5H14O3P2.